The maximum Gasteiger partial charge on any atom is 0.109 e. The van der Waals surface area contributed by atoms with E-state index in [0.29, 0.717) is 12.0 Å². The lowest BCUT2D eigenvalue weighted by Gasteiger charge is -2.21. The second kappa shape index (κ2) is 5.85. The third kappa shape index (κ3) is 2.75. The lowest BCUT2D eigenvalue weighted by atomic mass is 10.1. The number of imidazole rings is 1. The van der Waals surface area contributed by atoms with Crippen LogP contribution in [0.3, 0.4) is 0 Å². The molecule has 0 fully saturated rings. The molecule has 0 radical (unpaired) electrons. The fourth-order valence-electron chi connectivity index (χ4n) is 2.73. The van der Waals surface area contributed by atoms with Gasteiger partial charge in [0, 0.05) is 38.7 Å². The van der Waals surface area contributed by atoms with Crippen LogP contribution in [0.2, 0.25) is 0 Å². The van der Waals surface area contributed by atoms with Gasteiger partial charge in [-0.25, -0.2) is 4.98 Å². The topological polar surface area (TPSA) is 39.1 Å². The van der Waals surface area contributed by atoms with E-state index in [4.69, 9.17) is 9.72 Å². The zero-order valence-corrected chi connectivity index (χ0v) is 12.0. The Morgan fingerprint density at radius 2 is 2.17 bits per heavy atom. The van der Waals surface area contributed by atoms with Gasteiger partial charge in [0.1, 0.15) is 5.82 Å². The van der Waals surface area contributed by atoms with E-state index in [9.17, 15) is 0 Å². The largest absolute Gasteiger partial charge is 0.383 e. The first-order valence-electron chi connectivity index (χ1n) is 6.92. The van der Waals surface area contributed by atoms with E-state index in [1.165, 1.54) is 17.2 Å². The van der Waals surface area contributed by atoms with Crippen LogP contribution in [0.4, 0.5) is 0 Å². The van der Waals surface area contributed by atoms with Gasteiger partial charge in [0.25, 0.3) is 0 Å². The van der Waals surface area contributed by atoms with Gasteiger partial charge in [0.05, 0.1) is 18.3 Å². The summed E-state index contributed by atoms with van der Waals surface area (Å²) in [5, 5.41) is 3.40. The molecule has 0 aliphatic carbocycles. The van der Waals surface area contributed by atoms with E-state index in [-0.39, 0.29) is 0 Å². The predicted octanol–water partition coefficient (Wildman–Crippen LogP) is 1.93. The maximum absolute atomic E-state index is 5.31. The number of ether oxygens (including phenoxy) is 1. The van der Waals surface area contributed by atoms with Crippen LogP contribution in [-0.4, -0.2) is 29.8 Å². The molecule has 1 N–H and O–H groups in total. The van der Waals surface area contributed by atoms with E-state index in [1.807, 2.05) is 0 Å². The Morgan fingerprint density at radius 1 is 1.39 bits per heavy atom. The minimum Gasteiger partial charge on any atom is -0.383 e. The van der Waals surface area contributed by atoms with Crippen LogP contribution in [0.15, 0.2) is 0 Å². The lowest BCUT2D eigenvalue weighted by Crippen LogP contribution is -2.26. The zero-order chi connectivity index (χ0) is 13.1. The molecule has 2 rings (SSSR count). The van der Waals surface area contributed by atoms with Crippen LogP contribution in [0.25, 0.3) is 0 Å². The maximum atomic E-state index is 5.31. The molecule has 0 aromatic carbocycles. The van der Waals surface area contributed by atoms with Crippen molar-refractivity contribution in [3.05, 3.63) is 17.2 Å². The number of nitrogens with one attached hydrogen (secondary N) is 1. The average Bonchev–Trinajstić information content (AvgIpc) is 2.66. The fraction of sp³-hybridized carbons (Fsp3) is 0.786. The fourth-order valence-corrected chi connectivity index (χ4v) is 2.73. The summed E-state index contributed by atoms with van der Waals surface area (Å²) in [6.07, 6.45) is 2.12. The first kappa shape index (κ1) is 13.6. The average molecular weight is 251 g/mol. The number of aromatic nitrogens is 2. The van der Waals surface area contributed by atoms with E-state index >= 15 is 0 Å². The number of methoxy groups -OCH3 is 1. The van der Waals surface area contributed by atoms with Crippen LogP contribution in [0.5, 0.6) is 0 Å². The van der Waals surface area contributed by atoms with Gasteiger partial charge in [-0.3, -0.25) is 0 Å². The highest BCUT2D eigenvalue weighted by atomic mass is 16.5. The van der Waals surface area contributed by atoms with E-state index in [0.717, 1.165) is 32.5 Å². The van der Waals surface area contributed by atoms with Crippen molar-refractivity contribution in [1.82, 2.24) is 14.9 Å². The van der Waals surface area contributed by atoms with Gasteiger partial charge >= 0.3 is 0 Å². The number of hydrogen-bond donors (Lipinski definition) is 1. The van der Waals surface area contributed by atoms with Crippen molar-refractivity contribution >= 4 is 0 Å². The second-order valence-corrected chi connectivity index (χ2v) is 5.62. The molecule has 102 valence electrons. The summed E-state index contributed by atoms with van der Waals surface area (Å²) >= 11 is 0. The summed E-state index contributed by atoms with van der Waals surface area (Å²) < 4.78 is 7.73. The third-order valence-corrected chi connectivity index (χ3v) is 3.44. The van der Waals surface area contributed by atoms with E-state index in [2.05, 4.69) is 30.7 Å². The standard InChI is InChI=1S/C14H25N3O/c1-10(2)7-14-16-12-8-15-6-5-13(12)17(14)11(3)9-18-4/h10-11,15H,5-9H2,1-4H3. The Balaban J connectivity index is 2.35. The minimum atomic E-state index is 0.373. The molecule has 0 bridgehead atoms. The quantitative estimate of drug-likeness (QED) is 0.869. The van der Waals surface area contributed by atoms with E-state index < -0.39 is 0 Å². The molecule has 4 heteroatoms. The highest BCUT2D eigenvalue weighted by Gasteiger charge is 2.22. The zero-order valence-electron chi connectivity index (χ0n) is 12.0. The van der Waals surface area contributed by atoms with Gasteiger partial charge in [-0.15, -0.1) is 0 Å². The molecule has 0 amide bonds. The number of rotatable bonds is 5. The minimum absolute atomic E-state index is 0.373. The number of fused-ring (bicyclic) bond motifs is 1. The molecule has 1 aromatic rings. The molecule has 0 saturated heterocycles. The van der Waals surface area contributed by atoms with Gasteiger partial charge in [-0.2, -0.15) is 0 Å². The highest BCUT2D eigenvalue weighted by molar-refractivity contribution is 5.21. The van der Waals surface area contributed by atoms with Gasteiger partial charge in [0.2, 0.25) is 0 Å². The second-order valence-electron chi connectivity index (χ2n) is 5.62. The molecular weight excluding hydrogens is 226 g/mol. The van der Waals surface area contributed by atoms with Crippen molar-refractivity contribution in [2.75, 3.05) is 20.3 Å². The van der Waals surface area contributed by atoms with Crippen LogP contribution >= 0.6 is 0 Å². The summed E-state index contributed by atoms with van der Waals surface area (Å²) in [6, 6.07) is 0.373. The molecule has 4 nitrogen and oxygen atoms in total. The van der Waals surface area contributed by atoms with Crippen molar-refractivity contribution in [2.45, 2.75) is 46.2 Å². The number of hydrogen-bond acceptors (Lipinski definition) is 3. The van der Waals surface area contributed by atoms with Crippen molar-refractivity contribution < 1.29 is 4.74 Å². The summed E-state index contributed by atoms with van der Waals surface area (Å²) in [5.41, 5.74) is 2.65. The van der Waals surface area contributed by atoms with Gasteiger partial charge in [-0.05, 0) is 12.8 Å². The molecule has 1 aliphatic rings. The van der Waals surface area contributed by atoms with Crippen LogP contribution in [-0.2, 0) is 24.1 Å². The molecular formula is C14H25N3O. The van der Waals surface area contributed by atoms with Crippen LogP contribution < -0.4 is 5.32 Å². The van der Waals surface area contributed by atoms with Crippen molar-refractivity contribution in [3.63, 3.8) is 0 Å². The van der Waals surface area contributed by atoms with Crippen LogP contribution in [0.1, 0.15) is 44.0 Å². The summed E-state index contributed by atoms with van der Waals surface area (Å²) in [4.78, 5) is 4.84. The normalized spacial score (nSPS) is 16.9. The molecule has 1 atom stereocenters. The predicted molar refractivity (Wildman–Crippen MR) is 72.8 cm³/mol. The van der Waals surface area contributed by atoms with Gasteiger partial charge in [-0.1, -0.05) is 13.8 Å². The lowest BCUT2D eigenvalue weighted by molar-refractivity contribution is 0.159. The van der Waals surface area contributed by atoms with Gasteiger partial charge in [0.15, 0.2) is 0 Å². The molecule has 1 unspecified atom stereocenters. The summed E-state index contributed by atoms with van der Waals surface area (Å²) in [6.45, 7) is 9.43. The molecule has 2 heterocycles. The first-order chi connectivity index (χ1) is 8.63. The first-order valence-corrected chi connectivity index (χ1v) is 6.92. The Kier molecular flexibility index (Phi) is 4.40. The summed E-state index contributed by atoms with van der Waals surface area (Å²) in [5.74, 6) is 1.86. The smallest absolute Gasteiger partial charge is 0.109 e. The third-order valence-electron chi connectivity index (χ3n) is 3.44. The monoisotopic (exact) mass is 251 g/mol. The van der Waals surface area contributed by atoms with Crippen LogP contribution in [0, 0.1) is 5.92 Å². The Morgan fingerprint density at radius 3 is 2.83 bits per heavy atom. The van der Waals surface area contributed by atoms with Crippen molar-refractivity contribution in [1.29, 1.82) is 0 Å². The van der Waals surface area contributed by atoms with Gasteiger partial charge < -0.3 is 14.6 Å². The summed E-state index contributed by atoms with van der Waals surface area (Å²) in [7, 11) is 1.77. The Labute approximate surface area is 110 Å². The highest BCUT2D eigenvalue weighted by Crippen LogP contribution is 2.23. The van der Waals surface area contributed by atoms with Crippen molar-refractivity contribution in [3.8, 4) is 0 Å². The molecule has 1 aromatic heterocycles. The Bertz CT molecular complexity index is 398. The molecule has 0 saturated carbocycles. The molecule has 1 aliphatic heterocycles. The Hall–Kier alpha value is -0.870. The number of nitrogens with zero attached hydrogens (tertiary/aromatic N) is 2. The molecule has 0 spiro atoms. The molecule has 18 heavy (non-hydrogen) atoms. The SMILES string of the molecule is COCC(C)n1c(CC(C)C)nc2c1CCNC2. The van der Waals surface area contributed by atoms with Crippen molar-refractivity contribution in [2.24, 2.45) is 5.92 Å². The van der Waals surface area contributed by atoms with E-state index in [1.54, 1.807) is 7.11 Å².